The van der Waals surface area contributed by atoms with Crippen LogP contribution in [0.15, 0.2) is 0 Å². The van der Waals surface area contributed by atoms with Crippen LogP contribution >= 0.6 is 0 Å². The minimum absolute atomic E-state index is 0. The van der Waals surface area contributed by atoms with E-state index in [1.54, 1.807) is 0 Å². The molecule has 0 heterocycles. The quantitative estimate of drug-likeness (QED) is 0.157. The first-order valence-corrected chi connectivity index (χ1v) is 34.0. The first kappa shape index (κ1) is 65.4. The van der Waals surface area contributed by atoms with E-state index in [2.05, 4.69) is 41.5 Å². The fourth-order valence-electron chi connectivity index (χ4n) is 17.7. The summed E-state index contributed by atoms with van der Waals surface area (Å²) in [6.45, 7) is 14.0. The van der Waals surface area contributed by atoms with E-state index in [4.69, 9.17) is 14.2 Å². The highest BCUT2D eigenvalue weighted by Crippen LogP contribution is 2.46. The van der Waals surface area contributed by atoms with Crippen molar-refractivity contribution in [3.63, 3.8) is 0 Å². The van der Waals surface area contributed by atoms with E-state index in [-0.39, 0.29) is 70.2 Å². The van der Waals surface area contributed by atoms with Crippen LogP contribution in [0.2, 0.25) is 0 Å². The molecule has 0 aliphatic heterocycles. The third-order valence-electron chi connectivity index (χ3n) is 23.7. The number of alkyl halides is 1. The Morgan fingerprint density at radius 2 is 0.487 bits per heavy atom. The van der Waals surface area contributed by atoms with E-state index in [9.17, 15) is 18.8 Å². The third kappa shape index (κ3) is 20.0. The summed E-state index contributed by atoms with van der Waals surface area (Å²) in [4.78, 5) is 37.7. The third-order valence-corrected chi connectivity index (χ3v) is 23.7. The molecule has 10 aliphatic carbocycles. The number of carbonyl (C=O) groups is 3. The highest BCUT2D eigenvalue weighted by atomic mass is 19.1. The number of hydrogen-bond acceptors (Lipinski definition) is 6. The van der Waals surface area contributed by atoms with Crippen LogP contribution in [0.5, 0.6) is 0 Å². The maximum absolute atomic E-state index is 14.1. The number of esters is 3. The van der Waals surface area contributed by atoms with Gasteiger partial charge in [-0.3, -0.25) is 14.4 Å². The molecule has 9 heteroatoms. The Morgan fingerprint density at radius 3 is 0.756 bits per heavy atom. The van der Waals surface area contributed by atoms with Gasteiger partial charge >= 0.3 is 17.9 Å². The zero-order valence-electron chi connectivity index (χ0n) is 51.0. The van der Waals surface area contributed by atoms with Crippen molar-refractivity contribution in [2.24, 2.45) is 101 Å². The SMILES string of the molecule is CC1CCC(C2CCC(C(=O)OC3CCC(C)CC3F)CC2)CC1.CC1CCC(C2CCC(OC(=O)C3CCC(C4CCC(C)CC4)CC3)CC2)CC1.CC1CCC(OC(=O)C2CCC(C3CCC(C)CC3)CC2)CC1.O.O.[HH].[HH].[HH].[HH].[HH].[HH].[HH].[HH]. The molecule has 0 aromatic rings. The van der Waals surface area contributed by atoms with E-state index >= 15 is 0 Å². The highest BCUT2D eigenvalue weighted by Gasteiger charge is 2.39. The number of rotatable bonds is 10. The second-order valence-corrected chi connectivity index (χ2v) is 29.6. The topological polar surface area (TPSA) is 142 Å². The van der Waals surface area contributed by atoms with Crippen LogP contribution in [0.3, 0.4) is 0 Å². The molecule has 0 spiro atoms. The van der Waals surface area contributed by atoms with Gasteiger partial charge in [0.05, 0.1) is 17.8 Å². The molecule has 10 aliphatic rings. The van der Waals surface area contributed by atoms with E-state index < -0.39 is 12.3 Å². The molecule has 3 unspecified atom stereocenters. The second kappa shape index (κ2) is 32.9. The van der Waals surface area contributed by atoms with Gasteiger partial charge in [0.25, 0.3) is 0 Å². The summed E-state index contributed by atoms with van der Waals surface area (Å²) in [5.41, 5.74) is 0. The Balaban J connectivity index is -0.00000114. The van der Waals surface area contributed by atoms with Gasteiger partial charge in [0.15, 0.2) is 0 Å². The Kier molecular flexibility index (Phi) is 27.6. The minimum Gasteiger partial charge on any atom is -0.462 e. The van der Waals surface area contributed by atoms with Gasteiger partial charge < -0.3 is 25.2 Å². The molecule has 8 nitrogen and oxygen atoms in total. The van der Waals surface area contributed by atoms with Crippen molar-refractivity contribution in [1.82, 2.24) is 0 Å². The highest BCUT2D eigenvalue weighted by molar-refractivity contribution is 5.73. The Bertz CT molecular complexity index is 1710. The van der Waals surface area contributed by atoms with Crippen molar-refractivity contribution >= 4 is 17.9 Å². The van der Waals surface area contributed by atoms with Crippen LogP contribution in [0.1, 0.15) is 303 Å². The summed E-state index contributed by atoms with van der Waals surface area (Å²) in [6, 6.07) is 0. The van der Waals surface area contributed by atoms with Gasteiger partial charge in [0.2, 0.25) is 0 Å². The molecule has 0 radical (unpaired) electrons. The lowest BCUT2D eigenvalue weighted by atomic mass is 9.69. The molecule has 468 valence electrons. The van der Waals surface area contributed by atoms with Crippen LogP contribution in [0.25, 0.3) is 0 Å². The fraction of sp³-hybridized carbons (Fsp3) is 0.957. The lowest BCUT2D eigenvalue weighted by molar-refractivity contribution is -0.162. The number of hydrogen-bond donors (Lipinski definition) is 0. The van der Waals surface area contributed by atoms with Crippen molar-refractivity contribution in [3.8, 4) is 0 Å². The van der Waals surface area contributed by atoms with Gasteiger partial charge in [-0.25, -0.2) is 4.39 Å². The van der Waals surface area contributed by atoms with E-state index in [0.717, 1.165) is 148 Å². The molecule has 4 N–H and O–H groups in total. The first-order chi connectivity index (χ1) is 36.7. The summed E-state index contributed by atoms with van der Waals surface area (Å²) in [7, 11) is 0. The molecule has 10 rings (SSSR count). The number of ether oxygens (including phenoxy) is 3. The molecule has 78 heavy (non-hydrogen) atoms. The molecule has 0 saturated heterocycles. The van der Waals surface area contributed by atoms with Crippen molar-refractivity contribution in [1.29, 1.82) is 0 Å². The molecular formula is C69H137FO8. The van der Waals surface area contributed by atoms with Crippen LogP contribution in [0, 0.1) is 101 Å². The van der Waals surface area contributed by atoms with Crippen LogP contribution in [0.4, 0.5) is 4.39 Å². The van der Waals surface area contributed by atoms with E-state index in [0.29, 0.717) is 18.8 Å². The zero-order valence-corrected chi connectivity index (χ0v) is 51.0. The van der Waals surface area contributed by atoms with Crippen molar-refractivity contribution in [2.45, 2.75) is 316 Å². The predicted octanol–water partition coefficient (Wildman–Crippen LogP) is 19.3. The molecule has 0 amide bonds. The molecule has 0 aromatic carbocycles. The largest absolute Gasteiger partial charge is 0.462 e. The van der Waals surface area contributed by atoms with Crippen LogP contribution in [-0.2, 0) is 28.6 Å². The smallest absolute Gasteiger partial charge is 0.309 e. The van der Waals surface area contributed by atoms with Crippen molar-refractivity contribution in [3.05, 3.63) is 0 Å². The lowest BCUT2D eigenvalue weighted by Gasteiger charge is -2.38. The molecule has 0 bridgehead atoms. The maximum atomic E-state index is 14.1. The van der Waals surface area contributed by atoms with Gasteiger partial charge in [0.1, 0.15) is 24.5 Å². The molecule has 0 aromatic heterocycles. The second-order valence-electron chi connectivity index (χ2n) is 29.6. The Labute approximate surface area is 488 Å². The fourth-order valence-corrected chi connectivity index (χ4v) is 17.7. The summed E-state index contributed by atoms with van der Waals surface area (Å²) in [5.74, 6) is 12.8. The average Bonchev–Trinajstić information content (AvgIpc) is 3.44. The maximum Gasteiger partial charge on any atom is 0.309 e. The number of halogens is 1. The monoisotopic (exact) mass is 1110 g/mol. The lowest BCUT2D eigenvalue weighted by Crippen LogP contribution is -2.37. The summed E-state index contributed by atoms with van der Waals surface area (Å²) in [6.07, 6.45) is 47.0. The standard InChI is InChI=1S/C27H46O2.C21H35FO2.C21H36O2.2H2O.8H2/c1-19-3-7-21(8-4-19)23-11-13-25(14-12-23)27(28)29-26-17-15-24(16-18-26)22-9-5-20(2)6-10-22;1-14-3-6-16(7-4-14)17-8-10-18(11-9-17)21(23)24-20-12-5-15(2)13-19(20)22;1-15-3-7-17(8-4-15)18-9-11-19(12-10-18)21(22)23-20-13-5-16(2)6-14-20;;;;;;;;;;/h19-26H,3-18H2,1-2H3;14-20H,3-13H2,1-2H3;15-20H,3-14H2,1-2H3;2*1H2;8*1H. The molecular weight excluding hydrogens is 976 g/mol. The normalized spacial score (nSPS) is 42.4. The minimum atomic E-state index is -0.960. The summed E-state index contributed by atoms with van der Waals surface area (Å²) in [5, 5.41) is 0. The van der Waals surface area contributed by atoms with Crippen molar-refractivity contribution in [2.75, 3.05) is 0 Å². The van der Waals surface area contributed by atoms with E-state index in [1.807, 2.05) is 0 Å². The van der Waals surface area contributed by atoms with Gasteiger partial charge in [-0.2, -0.15) is 0 Å². The molecule has 10 fully saturated rings. The van der Waals surface area contributed by atoms with Crippen LogP contribution < -0.4 is 0 Å². The zero-order chi connectivity index (χ0) is 53.6. The van der Waals surface area contributed by atoms with Crippen LogP contribution in [-0.4, -0.2) is 53.3 Å². The van der Waals surface area contributed by atoms with Crippen molar-refractivity contribution < 1.29 is 55.4 Å². The Hall–Kier alpha value is -1.74. The van der Waals surface area contributed by atoms with Gasteiger partial charge in [0, 0.05) is 11.4 Å². The first-order valence-electron chi connectivity index (χ1n) is 34.0. The summed E-state index contributed by atoms with van der Waals surface area (Å²) < 4.78 is 31.5. The van der Waals surface area contributed by atoms with Gasteiger partial charge in [-0.15, -0.1) is 0 Å². The predicted molar refractivity (Wildman–Crippen MR) is 332 cm³/mol. The van der Waals surface area contributed by atoms with Gasteiger partial charge in [-0.05, 0) is 282 Å². The average molecular weight is 1110 g/mol. The summed E-state index contributed by atoms with van der Waals surface area (Å²) >= 11 is 0. The molecule has 3 atom stereocenters. The van der Waals surface area contributed by atoms with E-state index in [1.165, 1.54) is 167 Å². The number of carbonyl (C=O) groups excluding carboxylic acids is 3. The Morgan fingerprint density at radius 1 is 0.282 bits per heavy atom. The van der Waals surface area contributed by atoms with Gasteiger partial charge in [-0.1, -0.05) is 92.9 Å². The molecule has 10 saturated carbocycles.